The van der Waals surface area contributed by atoms with Crippen molar-refractivity contribution in [2.75, 3.05) is 6.54 Å². The molecule has 25 heavy (non-hydrogen) atoms. The Morgan fingerprint density at radius 1 is 0.960 bits per heavy atom. The maximum Gasteiger partial charge on any atom is 0.188 e. The number of benzene rings is 2. The van der Waals surface area contributed by atoms with Crippen LogP contribution in [0.5, 0.6) is 0 Å². The lowest BCUT2D eigenvalue weighted by Crippen LogP contribution is -2.33. The molecule has 0 spiro atoms. The van der Waals surface area contributed by atoms with Crippen molar-refractivity contribution < 1.29 is 0 Å². The first kappa shape index (κ1) is 16.8. The summed E-state index contributed by atoms with van der Waals surface area (Å²) in [5.74, 6) is 0.465. The highest BCUT2D eigenvalue weighted by Crippen LogP contribution is 2.05. The predicted molar refractivity (Wildman–Crippen MR) is 101 cm³/mol. The molecule has 0 aliphatic rings. The lowest BCUT2D eigenvalue weighted by molar-refractivity contribution is 0.686. The van der Waals surface area contributed by atoms with Crippen LogP contribution in [0.15, 0.2) is 78.0 Å². The molecule has 0 unspecified atom stereocenters. The second-order valence-electron chi connectivity index (χ2n) is 5.90. The largest absolute Gasteiger partial charge is 0.370 e. The molecule has 1 aromatic heterocycles. The number of nitrogens with one attached hydrogen (secondary N) is 1. The van der Waals surface area contributed by atoms with E-state index in [0.29, 0.717) is 12.5 Å². The molecule has 0 fully saturated rings. The monoisotopic (exact) mass is 333 g/mol. The van der Waals surface area contributed by atoms with E-state index in [9.17, 15) is 0 Å². The summed E-state index contributed by atoms with van der Waals surface area (Å²) in [6.07, 6.45) is 4.77. The smallest absolute Gasteiger partial charge is 0.188 e. The van der Waals surface area contributed by atoms with Crippen molar-refractivity contribution in [3.05, 3.63) is 89.7 Å². The minimum Gasteiger partial charge on any atom is -0.370 e. The van der Waals surface area contributed by atoms with Crippen LogP contribution in [0.4, 0.5) is 0 Å². The Kier molecular flexibility index (Phi) is 5.82. The quantitative estimate of drug-likeness (QED) is 0.516. The zero-order valence-corrected chi connectivity index (χ0v) is 14.2. The van der Waals surface area contributed by atoms with Crippen LogP contribution < -0.4 is 11.1 Å². The molecule has 1 heterocycles. The zero-order chi connectivity index (χ0) is 17.3. The van der Waals surface area contributed by atoms with Gasteiger partial charge in [0.1, 0.15) is 0 Å². The lowest BCUT2D eigenvalue weighted by atomic mass is 10.1. The molecule has 5 heteroatoms. The van der Waals surface area contributed by atoms with Crippen LogP contribution in [0.3, 0.4) is 0 Å². The van der Waals surface area contributed by atoms with Gasteiger partial charge in [0.25, 0.3) is 0 Å². The fourth-order valence-electron chi connectivity index (χ4n) is 2.56. The number of hydrogen-bond acceptors (Lipinski definition) is 2. The van der Waals surface area contributed by atoms with Crippen LogP contribution in [0, 0.1) is 0 Å². The third-order valence-electron chi connectivity index (χ3n) is 3.87. The third-order valence-corrected chi connectivity index (χ3v) is 3.87. The molecule has 0 aliphatic heterocycles. The Morgan fingerprint density at radius 3 is 2.36 bits per heavy atom. The molecule has 0 bridgehead atoms. The molecule has 128 valence electrons. The first-order chi connectivity index (χ1) is 12.3. The second-order valence-corrected chi connectivity index (χ2v) is 5.90. The molecular weight excluding hydrogens is 310 g/mol. The van der Waals surface area contributed by atoms with Gasteiger partial charge in [-0.3, -0.25) is 4.68 Å². The Bertz CT molecular complexity index is 793. The fourth-order valence-corrected chi connectivity index (χ4v) is 2.56. The molecule has 0 saturated heterocycles. The van der Waals surface area contributed by atoms with Gasteiger partial charge in [0.15, 0.2) is 5.96 Å². The maximum atomic E-state index is 5.93. The van der Waals surface area contributed by atoms with Crippen LogP contribution in [0.1, 0.15) is 16.7 Å². The molecule has 0 radical (unpaired) electrons. The highest BCUT2D eigenvalue weighted by Gasteiger charge is 2.00. The standard InChI is InChI=1S/C20H23N5/c21-20(22-12-11-17-7-3-1-4-8-17)23-13-19-14-24-25(16-19)15-18-9-5-2-6-10-18/h1-10,14,16H,11-13,15H2,(H3,21,22,23). The minimum atomic E-state index is 0.465. The molecule has 0 saturated carbocycles. The first-order valence-electron chi connectivity index (χ1n) is 8.42. The number of aromatic nitrogens is 2. The van der Waals surface area contributed by atoms with Gasteiger partial charge in [0.2, 0.25) is 0 Å². The summed E-state index contributed by atoms with van der Waals surface area (Å²) >= 11 is 0. The summed E-state index contributed by atoms with van der Waals surface area (Å²) in [4.78, 5) is 4.38. The summed E-state index contributed by atoms with van der Waals surface area (Å²) in [5, 5.41) is 7.53. The van der Waals surface area contributed by atoms with E-state index in [0.717, 1.165) is 25.1 Å². The van der Waals surface area contributed by atoms with E-state index in [2.05, 4.69) is 39.7 Å². The Balaban J connectivity index is 1.45. The molecule has 3 rings (SSSR count). The Hall–Kier alpha value is -3.08. The molecule has 0 amide bonds. The summed E-state index contributed by atoms with van der Waals surface area (Å²) in [5.41, 5.74) is 9.48. The van der Waals surface area contributed by atoms with Crippen LogP contribution in [0.25, 0.3) is 0 Å². The van der Waals surface area contributed by atoms with E-state index in [1.807, 2.05) is 53.5 Å². The van der Waals surface area contributed by atoms with Crippen molar-refractivity contribution in [3.63, 3.8) is 0 Å². The van der Waals surface area contributed by atoms with Gasteiger partial charge >= 0.3 is 0 Å². The van der Waals surface area contributed by atoms with E-state index in [-0.39, 0.29) is 0 Å². The topological polar surface area (TPSA) is 68.2 Å². The minimum absolute atomic E-state index is 0.465. The molecule has 0 aliphatic carbocycles. The molecule has 3 N–H and O–H groups in total. The van der Waals surface area contributed by atoms with Crippen LogP contribution >= 0.6 is 0 Å². The zero-order valence-electron chi connectivity index (χ0n) is 14.2. The van der Waals surface area contributed by atoms with E-state index in [4.69, 9.17) is 5.73 Å². The van der Waals surface area contributed by atoms with Crippen LogP contribution in [0.2, 0.25) is 0 Å². The van der Waals surface area contributed by atoms with Gasteiger partial charge in [0, 0.05) is 18.3 Å². The van der Waals surface area contributed by atoms with Gasteiger partial charge in [-0.25, -0.2) is 4.99 Å². The summed E-state index contributed by atoms with van der Waals surface area (Å²) in [6.45, 7) is 2.06. The Labute approximate surface area is 148 Å². The number of nitrogens with zero attached hydrogens (tertiary/aromatic N) is 3. The average Bonchev–Trinajstić information content (AvgIpc) is 3.09. The van der Waals surface area contributed by atoms with Crippen molar-refractivity contribution in [1.82, 2.24) is 15.1 Å². The van der Waals surface area contributed by atoms with Crippen molar-refractivity contribution in [2.45, 2.75) is 19.5 Å². The molecule has 0 atom stereocenters. The van der Waals surface area contributed by atoms with Gasteiger partial charge in [-0.1, -0.05) is 60.7 Å². The highest BCUT2D eigenvalue weighted by molar-refractivity contribution is 5.77. The average molecular weight is 333 g/mol. The highest BCUT2D eigenvalue weighted by atomic mass is 15.3. The van der Waals surface area contributed by atoms with E-state index < -0.39 is 0 Å². The second kappa shape index (κ2) is 8.68. The summed E-state index contributed by atoms with van der Waals surface area (Å²) < 4.78 is 1.92. The van der Waals surface area contributed by atoms with Crippen molar-refractivity contribution in [3.8, 4) is 0 Å². The molecule has 2 aromatic carbocycles. The maximum absolute atomic E-state index is 5.93. The van der Waals surface area contributed by atoms with Gasteiger partial charge in [0.05, 0.1) is 19.3 Å². The predicted octanol–water partition coefficient (Wildman–Crippen LogP) is 2.58. The molecule has 3 aromatic rings. The van der Waals surface area contributed by atoms with Crippen molar-refractivity contribution in [1.29, 1.82) is 0 Å². The van der Waals surface area contributed by atoms with Gasteiger partial charge in [-0.2, -0.15) is 5.10 Å². The number of hydrogen-bond donors (Lipinski definition) is 2. The lowest BCUT2D eigenvalue weighted by Gasteiger charge is -2.05. The van der Waals surface area contributed by atoms with E-state index >= 15 is 0 Å². The van der Waals surface area contributed by atoms with Crippen molar-refractivity contribution in [2.24, 2.45) is 10.7 Å². The van der Waals surface area contributed by atoms with E-state index in [1.54, 1.807) is 0 Å². The fraction of sp³-hybridized carbons (Fsp3) is 0.200. The summed E-state index contributed by atoms with van der Waals surface area (Å²) in [6, 6.07) is 20.6. The van der Waals surface area contributed by atoms with Crippen LogP contribution in [-0.2, 0) is 19.5 Å². The molecule has 5 nitrogen and oxygen atoms in total. The third kappa shape index (κ3) is 5.49. The number of guanidine groups is 1. The van der Waals surface area contributed by atoms with Crippen molar-refractivity contribution >= 4 is 5.96 Å². The normalized spacial score (nSPS) is 11.4. The summed E-state index contributed by atoms with van der Waals surface area (Å²) in [7, 11) is 0. The first-order valence-corrected chi connectivity index (χ1v) is 8.42. The van der Waals surface area contributed by atoms with E-state index in [1.165, 1.54) is 11.1 Å². The van der Waals surface area contributed by atoms with Gasteiger partial charge in [-0.05, 0) is 17.5 Å². The number of nitrogens with two attached hydrogens (primary N) is 1. The molecular formula is C20H23N5. The number of rotatable bonds is 7. The van der Waals surface area contributed by atoms with Crippen LogP contribution in [-0.4, -0.2) is 22.3 Å². The van der Waals surface area contributed by atoms with Gasteiger partial charge < -0.3 is 11.1 Å². The van der Waals surface area contributed by atoms with Gasteiger partial charge in [-0.15, -0.1) is 0 Å². The number of aliphatic imine (C=N–C) groups is 1. The Morgan fingerprint density at radius 2 is 1.64 bits per heavy atom. The SMILES string of the molecule is NC(=NCc1cnn(Cc2ccccc2)c1)NCCc1ccccc1.